The SMILES string of the molecule is CSc1nc(N2c3ccccc3CC2C)c2cc(C(=O)O)sc2n1. The van der Waals surface area contributed by atoms with Crippen molar-refractivity contribution in [2.45, 2.75) is 24.5 Å². The zero-order valence-electron chi connectivity index (χ0n) is 13.2. The number of anilines is 2. The molecule has 2 aromatic heterocycles. The molecule has 1 aromatic carbocycles. The first-order valence-electron chi connectivity index (χ1n) is 7.54. The maximum atomic E-state index is 11.4. The van der Waals surface area contributed by atoms with Crippen molar-refractivity contribution in [2.75, 3.05) is 11.2 Å². The molecule has 1 unspecified atom stereocenters. The van der Waals surface area contributed by atoms with E-state index in [4.69, 9.17) is 4.98 Å². The van der Waals surface area contributed by atoms with Crippen molar-refractivity contribution in [3.05, 3.63) is 40.8 Å². The minimum absolute atomic E-state index is 0.267. The second-order valence-electron chi connectivity index (χ2n) is 5.72. The number of para-hydroxylation sites is 1. The fraction of sp³-hybridized carbons (Fsp3) is 0.235. The van der Waals surface area contributed by atoms with Crippen molar-refractivity contribution >= 4 is 50.8 Å². The van der Waals surface area contributed by atoms with E-state index in [-0.39, 0.29) is 6.04 Å². The summed E-state index contributed by atoms with van der Waals surface area (Å²) in [5, 5.41) is 10.8. The highest BCUT2D eigenvalue weighted by Gasteiger charge is 2.30. The Morgan fingerprint density at radius 1 is 1.38 bits per heavy atom. The second kappa shape index (κ2) is 5.75. The summed E-state index contributed by atoms with van der Waals surface area (Å²) in [6, 6.07) is 10.3. The summed E-state index contributed by atoms with van der Waals surface area (Å²) in [5.41, 5.74) is 2.43. The molecule has 122 valence electrons. The summed E-state index contributed by atoms with van der Waals surface area (Å²) < 4.78 is 0. The topological polar surface area (TPSA) is 66.3 Å². The van der Waals surface area contributed by atoms with Gasteiger partial charge in [-0.2, -0.15) is 0 Å². The number of aromatic carboxylic acids is 1. The second-order valence-corrected chi connectivity index (χ2v) is 7.52. The molecule has 5 nitrogen and oxygen atoms in total. The fourth-order valence-corrected chi connectivity index (χ4v) is 4.44. The molecule has 0 saturated carbocycles. The quantitative estimate of drug-likeness (QED) is 0.560. The number of hydrogen-bond acceptors (Lipinski definition) is 6. The number of rotatable bonds is 3. The molecule has 24 heavy (non-hydrogen) atoms. The monoisotopic (exact) mass is 357 g/mol. The Morgan fingerprint density at radius 2 is 2.17 bits per heavy atom. The Morgan fingerprint density at radius 3 is 2.92 bits per heavy atom. The average molecular weight is 357 g/mol. The van der Waals surface area contributed by atoms with E-state index < -0.39 is 5.97 Å². The van der Waals surface area contributed by atoms with Crippen molar-refractivity contribution in [3.63, 3.8) is 0 Å². The maximum absolute atomic E-state index is 11.4. The van der Waals surface area contributed by atoms with Gasteiger partial charge in [-0.3, -0.25) is 0 Å². The van der Waals surface area contributed by atoms with E-state index in [1.807, 2.05) is 18.4 Å². The number of aromatic nitrogens is 2. The van der Waals surface area contributed by atoms with Crippen LogP contribution in [-0.2, 0) is 6.42 Å². The zero-order chi connectivity index (χ0) is 16.8. The number of benzene rings is 1. The van der Waals surface area contributed by atoms with Gasteiger partial charge in [0.15, 0.2) is 5.16 Å². The van der Waals surface area contributed by atoms with E-state index >= 15 is 0 Å². The van der Waals surface area contributed by atoms with E-state index in [9.17, 15) is 9.90 Å². The largest absolute Gasteiger partial charge is 0.477 e. The lowest BCUT2D eigenvalue weighted by atomic mass is 10.1. The van der Waals surface area contributed by atoms with E-state index in [1.54, 1.807) is 6.07 Å². The smallest absolute Gasteiger partial charge is 0.345 e. The van der Waals surface area contributed by atoms with E-state index in [1.165, 1.54) is 28.7 Å². The Balaban J connectivity index is 1.97. The summed E-state index contributed by atoms with van der Waals surface area (Å²) in [5.74, 6) is -0.130. The highest BCUT2D eigenvalue weighted by molar-refractivity contribution is 7.98. The van der Waals surface area contributed by atoms with Crippen LogP contribution in [0.25, 0.3) is 10.2 Å². The van der Waals surface area contributed by atoms with Gasteiger partial charge in [-0.1, -0.05) is 30.0 Å². The van der Waals surface area contributed by atoms with E-state index in [2.05, 4.69) is 28.9 Å². The number of thiophene rings is 1. The highest BCUT2D eigenvalue weighted by atomic mass is 32.2. The van der Waals surface area contributed by atoms with Gasteiger partial charge < -0.3 is 10.0 Å². The van der Waals surface area contributed by atoms with Crippen LogP contribution in [0.1, 0.15) is 22.2 Å². The van der Waals surface area contributed by atoms with Gasteiger partial charge in [0.2, 0.25) is 0 Å². The molecule has 1 atom stereocenters. The molecule has 0 saturated heterocycles. The van der Waals surface area contributed by atoms with Crippen LogP contribution < -0.4 is 4.90 Å². The summed E-state index contributed by atoms with van der Waals surface area (Å²) in [6.07, 6.45) is 2.88. The van der Waals surface area contributed by atoms with Gasteiger partial charge in [0.05, 0.1) is 5.39 Å². The van der Waals surface area contributed by atoms with Crippen LogP contribution in [0, 0.1) is 0 Å². The van der Waals surface area contributed by atoms with Crippen LogP contribution in [0.2, 0.25) is 0 Å². The van der Waals surface area contributed by atoms with E-state index in [0.717, 1.165) is 28.1 Å². The first-order chi connectivity index (χ1) is 11.6. The van der Waals surface area contributed by atoms with Gasteiger partial charge >= 0.3 is 5.97 Å². The predicted octanol–water partition coefficient (Wildman–Crippen LogP) is 4.19. The molecule has 4 rings (SSSR count). The third-order valence-electron chi connectivity index (χ3n) is 4.18. The van der Waals surface area contributed by atoms with Gasteiger partial charge in [0, 0.05) is 11.7 Å². The summed E-state index contributed by atoms with van der Waals surface area (Å²) in [4.78, 5) is 23.8. The standard InChI is InChI=1S/C17H15N3O2S2/c1-9-7-10-5-3-4-6-12(10)20(9)14-11-8-13(16(21)22)24-15(11)19-17(18-14)23-2/h3-6,8-9H,7H2,1-2H3,(H,21,22). The van der Waals surface area contributed by atoms with Gasteiger partial charge in [0.1, 0.15) is 15.5 Å². The van der Waals surface area contributed by atoms with Crippen LogP contribution in [0.15, 0.2) is 35.5 Å². The average Bonchev–Trinajstić information content (AvgIpc) is 3.14. The number of carboxylic acids is 1. The molecule has 0 aliphatic carbocycles. The number of carboxylic acid groups (broad SMARTS) is 1. The number of fused-ring (bicyclic) bond motifs is 2. The number of hydrogen-bond donors (Lipinski definition) is 1. The molecule has 1 aliphatic rings. The van der Waals surface area contributed by atoms with Gasteiger partial charge in [-0.25, -0.2) is 14.8 Å². The van der Waals surface area contributed by atoms with Crippen LogP contribution in [0.5, 0.6) is 0 Å². The normalized spacial score (nSPS) is 16.6. The highest BCUT2D eigenvalue weighted by Crippen LogP contribution is 2.42. The van der Waals surface area contributed by atoms with Crippen molar-refractivity contribution in [2.24, 2.45) is 0 Å². The van der Waals surface area contributed by atoms with E-state index in [0.29, 0.717) is 10.0 Å². The maximum Gasteiger partial charge on any atom is 0.345 e. The number of nitrogens with zero attached hydrogens (tertiary/aromatic N) is 3. The Kier molecular flexibility index (Phi) is 3.69. The molecule has 0 radical (unpaired) electrons. The molecule has 0 fully saturated rings. The molecule has 1 aliphatic heterocycles. The third kappa shape index (κ3) is 2.35. The number of thioether (sulfide) groups is 1. The molecular formula is C17H15N3O2S2. The van der Waals surface area contributed by atoms with Crippen LogP contribution in [0.3, 0.4) is 0 Å². The molecule has 0 spiro atoms. The Bertz CT molecular complexity index is 954. The molecule has 0 bridgehead atoms. The first kappa shape index (κ1) is 15.4. The fourth-order valence-electron chi connectivity index (χ4n) is 3.16. The van der Waals surface area contributed by atoms with Crippen molar-refractivity contribution < 1.29 is 9.90 Å². The van der Waals surface area contributed by atoms with Crippen molar-refractivity contribution in [3.8, 4) is 0 Å². The molecule has 1 N–H and O–H groups in total. The summed E-state index contributed by atoms with van der Waals surface area (Å²) in [7, 11) is 0. The molecule has 7 heteroatoms. The van der Waals surface area contributed by atoms with Crippen molar-refractivity contribution in [1.29, 1.82) is 0 Å². The van der Waals surface area contributed by atoms with Gasteiger partial charge in [-0.05, 0) is 37.3 Å². The molecule has 3 heterocycles. The summed E-state index contributed by atoms with van der Waals surface area (Å²) >= 11 is 2.67. The Labute approximate surface area is 147 Å². The van der Waals surface area contributed by atoms with Gasteiger partial charge in [0.25, 0.3) is 0 Å². The summed E-state index contributed by atoms with van der Waals surface area (Å²) in [6.45, 7) is 2.16. The first-order valence-corrected chi connectivity index (χ1v) is 9.58. The molecular weight excluding hydrogens is 342 g/mol. The Hall–Kier alpha value is -2.12. The van der Waals surface area contributed by atoms with Crippen LogP contribution >= 0.6 is 23.1 Å². The van der Waals surface area contributed by atoms with Crippen LogP contribution in [-0.4, -0.2) is 33.3 Å². The lowest BCUT2D eigenvalue weighted by Gasteiger charge is -2.24. The molecule has 3 aromatic rings. The number of carbonyl (C=O) groups is 1. The zero-order valence-corrected chi connectivity index (χ0v) is 14.8. The lowest BCUT2D eigenvalue weighted by molar-refractivity contribution is 0.0702. The molecule has 0 amide bonds. The van der Waals surface area contributed by atoms with Crippen molar-refractivity contribution in [1.82, 2.24) is 9.97 Å². The minimum atomic E-state index is -0.926. The minimum Gasteiger partial charge on any atom is -0.477 e. The van der Waals surface area contributed by atoms with Gasteiger partial charge in [-0.15, -0.1) is 11.3 Å². The lowest BCUT2D eigenvalue weighted by Crippen LogP contribution is -2.25. The van der Waals surface area contributed by atoms with Crippen LogP contribution in [0.4, 0.5) is 11.5 Å². The third-order valence-corrected chi connectivity index (χ3v) is 5.75. The predicted molar refractivity (Wildman–Crippen MR) is 97.9 cm³/mol.